The maximum atomic E-state index is 10.4. The Morgan fingerprint density at radius 1 is 1.33 bits per heavy atom. The second kappa shape index (κ2) is 5.14. The second-order valence-corrected chi connectivity index (χ2v) is 2.72. The van der Waals surface area contributed by atoms with Crippen LogP contribution in [0.3, 0.4) is 0 Å². The van der Waals surface area contributed by atoms with Crippen LogP contribution in [0.25, 0.3) is 6.08 Å². The van der Waals surface area contributed by atoms with Crippen molar-refractivity contribution in [2.75, 3.05) is 6.61 Å². The van der Waals surface area contributed by atoms with E-state index in [1.54, 1.807) is 18.2 Å². The van der Waals surface area contributed by atoms with Crippen LogP contribution >= 0.6 is 0 Å². The van der Waals surface area contributed by atoms with Crippen molar-refractivity contribution in [1.29, 1.82) is 0 Å². The Morgan fingerprint density at radius 2 is 2.00 bits per heavy atom. The van der Waals surface area contributed by atoms with E-state index in [0.29, 0.717) is 5.75 Å². The fourth-order valence-corrected chi connectivity index (χ4v) is 1.21. The molecule has 1 aromatic rings. The summed E-state index contributed by atoms with van der Waals surface area (Å²) in [6, 6.07) is 7.24. The van der Waals surface area contributed by atoms with Crippen LogP contribution in [0, 0.1) is 10.1 Å². The number of ether oxygens (including phenoxy) is 1. The summed E-state index contributed by atoms with van der Waals surface area (Å²) in [5.74, 6) is 0.702. The molecule has 0 fully saturated rings. The minimum Gasteiger partial charge on any atom is -0.482 e. The van der Waals surface area contributed by atoms with Gasteiger partial charge in [-0.25, -0.2) is 0 Å². The molecule has 4 heteroatoms. The molecule has 0 radical (unpaired) electrons. The molecule has 0 saturated carbocycles. The number of hydrogen-bond donors (Lipinski definition) is 0. The lowest BCUT2D eigenvalue weighted by Gasteiger charge is -2.12. The van der Waals surface area contributed by atoms with Gasteiger partial charge >= 0.3 is 0 Å². The van der Waals surface area contributed by atoms with E-state index in [1.165, 1.54) is 0 Å². The van der Waals surface area contributed by atoms with Crippen molar-refractivity contribution in [3.05, 3.63) is 45.6 Å². The number of para-hydroxylation sites is 1. The molecular formula is C11H13NO3. The van der Waals surface area contributed by atoms with Crippen molar-refractivity contribution in [3.8, 4) is 5.75 Å². The van der Waals surface area contributed by atoms with E-state index in [-0.39, 0.29) is 12.3 Å². The van der Waals surface area contributed by atoms with Gasteiger partial charge in [0.1, 0.15) is 5.75 Å². The molecule has 0 saturated heterocycles. The normalized spacial score (nSPS) is 12.5. The summed E-state index contributed by atoms with van der Waals surface area (Å²) in [5, 5.41) is 10.4. The largest absolute Gasteiger partial charge is 0.482 e. The highest BCUT2D eigenvalue weighted by molar-refractivity contribution is 5.60. The fraction of sp³-hybridized carbons (Fsp3) is 0.273. The van der Waals surface area contributed by atoms with E-state index in [2.05, 4.69) is 0 Å². The van der Waals surface area contributed by atoms with Gasteiger partial charge in [-0.1, -0.05) is 32.0 Å². The summed E-state index contributed by atoms with van der Waals surface area (Å²) in [6.07, 6.45) is 1.54. The average molecular weight is 207 g/mol. The van der Waals surface area contributed by atoms with E-state index in [0.717, 1.165) is 5.56 Å². The Morgan fingerprint density at radius 3 is 2.67 bits per heavy atom. The van der Waals surface area contributed by atoms with Crippen molar-refractivity contribution < 1.29 is 9.66 Å². The highest BCUT2D eigenvalue weighted by atomic mass is 16.6. The lowest BCUT2D eigenvalue weighted by molar-refractivity contribution is -0.427. The number of rotatable bonds is 1. The van der Waals surface area contributed by atoms with Crippen LogP contribution in [0.2, 0.25) is 0 Å². The van der Waals surface area contributed by atoms with Gasteiger partial charge in [-0.05, 0) is 6.07 Å². The van der Waals surface area contributed by atoms with Crippen molar-refractivity contribution in [3.63, 3.8) is 0 Å². The Hall–Kier alpha value is -1.84. The molecule has 1 aliphatic rings. The molecule has 1 heterocycles. The van der Waals surface area contributed by atoms with E-state index >= 15 is 0 Å². The third-order valence-corrected chi connectivity index (χ3v) is 1.85. The van der Waals surface area contributed by atoms with Gasteiger partial charge in [-0.3, -0.25) is 10.1 Å². The molecule has 1 aromatic carbocycles. The van der Waals surface area contributed by atoms with E-state index in [9.17, 15) is 10.1 Å². The molecule has 80 valence electrons. The van der Waals surface area contributed by atoms with E-state index in [1.807, 2.05) is 26.0 Å². The van der Waals surface area contributed by atoms with E-state index < -0.39 is 4.92 Å². The standard InChI is InChI=1S/C9H7NO3.C2H6/c11-10(12)8-5-7-3-1-2-4-9(7)13-6-8;1-2/h1-5H,6H2;1-2H3. The van der Waals surface area contributed by atoms with Gasteiger partial charge in [-0.2, -0.15) is 0 Å². The van der Waals surface area contributed by atoms with Gasteiger partial charge in [0, 0.05) is 11.6 Å². The van der Waals surface area contributed by atoms with Gasteiger partial charge in [0.2, 0.25) is 0 Å². The van der Waals surface area contributed by atoms with Crippen molar-refractivity contribution in [2.45, 2.75) is 13.8 Å². The Bertz CT molecular complexity index is 385. The van der Waals surface area contributed by atoms with Gasteiger partial charge in [0.15, 0.2) is 6.61 Å². The Kier molecular flexibility index (Phi) is 3.85. The molecule has 0 spiro atoms. The molecule has 2 rings (SSSR count). The Balaban J connectivity index is 0.000000531. The molecule has 0 aliphatic carbocycles. The third-order valence-electron chi connectivity index (χ3n) is 1.85. The minimum absolute atomic E-state index is 0.0456. The third kappa shape index (κ3) is 2.56. The van der Waals surface area contributed by atoms with Crippen molar-refractivity contribution in [1.82, 2.24) is 0 Å². The van der Waals surface area contributed by atoms with Crippen molar-refractivity contribution >= 4 is 6.08 Å². The number of fused-ring (bicyclic) bond motifs is 1. The Labute approximate surface area is 88.3 Å². The summed E-state index contributed by atoms with van der Waals surface area (Å²) in [4.78, 5) is 10.0. The van der Waals surface area contributed by atoms with Crippen LogP contribution in [-0.4, -0.2) is 11.5 Å². The zero-order valence-electron chi connectivity index (χ0n) is 8.77. The lowest BCUT2D eigenvalue weighted by Crippen LogP contribution is -2.13. The van der Waals surface area contributed by atoms with Crippen LogP contribution < -0.4 is 4.74 Å². The van der Waals surface area contributed by atoms with Crippen LogP contribution in [-0.2, 0) is 0 Å². The van der Waals surface area contributed by atoms with Crippen LogP contribution in [0.5, 0.6) is 5.75 Å². The van der Waals surface area contributed by atoms with Crippen LogP contribution in [0.15, 0.2) is 30.0 Å². The molecule has 0 bridgehead atoms. The first-order valence-corrected chi connectivity index (χ1v) is 4.84. The quantitative estimate of drug-likeness (QED) is 0.525. The molecule has 0 aromatic heterocycles. The summed E-state index contributed by atoms with van der Waals surface area (Å²) >= 11 is 0. The summed E-state index contributed by atoms with van der Waals surface area (Å²) in [5.41, 5.74) is 0.860. The van der Waals surface area contributed by atoms with E-state index in [4.69, 9.17) is 4.74 Å². The van der Waals surface area contributed by atoms with Gasteiger partial charge in [0.05, 0.1) is 4.92 Å². The SMILES string of the molecule is CC.O=[N+]([O-])C1=Cc2ccccc2OC1. The smallest absolute Gasteiger partial charge is 0.284 e. The van der Waals surface area contributed by atoms with Gasteiger partial charge in [0.25, 0.3) is 5.70 Å². The predicted octanol–water partition coefficient (Wildman–Crippen LogP) is 2.72. The first-order chi connectivity index (χ1) is 7.27. The highest BCUT2D eigenvalue weighted by Crippen LogP contribution is 2.25. The minimum atomic E-state index is -0.421. The van der Waals surface area contributed by atoms with Gasteiger partial charge in [-0.15, -0.1) is 0 Å². The second-order valence-electron chi connectivity index (χ2n) is 2.72. The maximum Gasteiger partial charge on any atom is 0.284 e. The van der Waals surface area contributed by atoms with Crippen LogP contribution in [0.1, 0.15) is 19.4 Å². The molecule has 0 unspecified atom stereocenters. The summed E-state index contributed by atoms with van der Waals surface area (Å²) in [6.45, 7) is 4.05. The fourth-order valence-electron chi connectivity index (χ4n) is 1.21. The van der Waals surface area contributed by atoms with Gasteiger partial charge < -0.3 is 4.74 Å². The number of benzene rings is 1. The zero-order valence-corrected chi connectivity index (χ0v) is 8.77. The molecule has 0 atom stereocenters. The van der Waals surface area contributed by atoms with Crippen LogP contribution in [0.4, 0.5) is 0 Å². The average Bonchev–Trinajstić information content (AvgIpc) is 2.31. The maximum absolute atomic E-state index is 10.4. The molecular weight excluding hydrogens is 194 g/mol. The molecule has 4 nitrogen and oxygen atoms in total. The monoisotopic (exact) mass is 207 g/mol. The molecule has 0 amide bonds. The lowest BCUT2D eigenvalue weighted by atomic mass is 10.1. The highest BCUT2D eigenvalue weighted by Gasteiger charge is 2.18. The molecule has 0 N–H and O–H groups in total. The number of nitro groups is 1. The zero-order chi connectivity index (χ0) is 11.3. The molecule has 15 heavy (non-hydrogen) atoms. The topological polar surface area (TPSA) is 52.4 Å². The molecule has 1 aliphatic heterocycles. The summed E-state index contributed by atoms with van der Waals surface area (Å²) in [7, 11) is 0. The number of hydrogen-bond acceptors (Lipinski definition) is 3. The van der Waals surface area contributed by atoms with Crippen molar-refractivity contribution in [2.24, 2.45) is 0 Å². The first-order valence-electron chi connectivity index (χ1n) is 4.84. The number of nitrogens with zero attached hydrogens (tertiary/aromatic N) is 1. The summed E-state index contributed by atoms with van der Waals surface area (Å²) < 4.78 is 5.19. The predicted molar refractivity (Wildman–Crippen MR) is 58.3 cm³/mol. The first kappa shape index (κ1) is 11.2.